The first-order chi connectivity index (χ1) is 16.4. The normalized spacial score (nSPS) is 30.6. The van der Waals surface area contributed by atoms with Crippen molar-refractivity contribution in [3.05, 3.63) is 53.1 Å². The van der Waals surface area contributed by atoms with E-state index in [0.29, 0.717) is 29.7 Å². The summed E-state index contributed by atoms with van der Waals surface area (Å²) in [6, 6.07) is 10.3. The molecule has 0 radical (unpaired) electrons. The molecular formula is C24H30O10. The van der Waals surface area contributed by atoms with Gasteiger partial charge in [-0.2, -0.15) is 0 Å². The lowest BCUT2D eigenvalue weighted by Crippen LogP contribution is -2.59. The van der Waals surface area contributed by atoms with Gasteiger partial charge in [0.2, 0.25) is 0 Å². The molecule has 4 rings (SSSR count). The number of ether oxygens (including phenoxy) is 4. The van der Waals surface area contributed by atoms with E-state index in [4.69, 9.17) is 18.9 Å². The number of aliphatic hydroxyl groups is 5. The van der Waals surface area contributed by atoms with Crippen molar-refractivity contribution >= 4 is 0 Å². The van der Waals surface area contributed by atoms with Crippen LogP contribution < -0.4 is 9.47 Å². The molecule has 2 aromatic rings. The molecule has 6 N–H and O–H groups in total. The van der Waals surface area contributed by atoms with Crippen molar-refractivity contribution in [3.8, 4) is 17.2 Å². The monoisotopic (exact) mass is 478 g/mol. The average molecular weight is 478 g/mol. The summed E-state index contributed by atoms with van der Waals surface area (Å²) in [5.74, 6) is 0.742. The molecule has 0 amide bonds. The Morgan fingerprint density at radius 1 is 0.971 bits per heavy atom. The number of rotatable bonds is 8. The Labute approximate surface area is 196 Å². The van der Waals surface area contributed by atoms with Gasteiger partial charge in [-0.05, 0) is 48.2 Å². The van der Waals surface area contributed by atoms with Gasteiger partial charge in [0, 0.05) is 12.2 Å². The fraction of sp³-hybridized carbons (Fsp3) is 0.500. The number of hydrogen-bond donors (Lipinski definition) is 6. The highest BCUT2D eigenvalue weighted by Gasteiger charge is 2.47. The number of hydrogen-bond acceptors (Lipinski definition) is 10. The van der Waals surface area contributed by atoms with Gasteiger partial charge in [0.05, 0.1) is 13.7 Å². The highest BCUT2D eigenvalue weighted by molar-refractivity contribution is 5.48. The lowest BCUT2D eigenvalue weighted by molar-refractivity contribution is -0.316. The fourth-order valence-electron chi connectivity index (χ4n) is 4.31. The van der Waals surface area contributed by atoms with Crippen molar-refractivity contribution in [1.29, 1.82) is 0 Å². The van der Waals surface area contributed by atoms with Gasteiger partial charge in [-0.3, -0.25) is 0 Å². The molecule has 1 saturated heterocycles. The highest BCUT2D eigenvalue weighted by atomic mass is 16.7. The largest absolute Gasteiger partial charge is 0.504 e. The van der Waals surface area contributed by atoms with Crippen molar-refractivity contribution in [2.24, 2.45) is 0 Å². The van der Waals surface area contributed by atoms with Gasteiger partial charge in [-0.25, -0.2) is 0 Å². The van der Waals surface area contributed by atoms with Crippen molar-refractivity contribution in [2.45, 2.75) is 55.8 Å². The maximum Gasteiger partial charge on any atom is 0.187 e. The van der Waals surface area contributed by atoms with Crippen LogP contribution in [0.5, 0.6) is 17.2 Å². The minimum absolute atomic E-state index is 0.0422. The molecule has 7 atom stereocenters. The van der Waals surface area contributed by atoms with Crippen molar-refractivity contribution < 1.29 is 49.6 Å². The minimum Gasteiger partial charge on any atom is -0.504 e. The van der Waals surface area contributed by atoms with Crippen molar-refractivity contribution in [2.75, 3.05) is 20.3 Å². The molecular weight excluding hydrogens is 448 g/mol. The summed E-state index contributed by atoms with van der Waals surface area (Å²) in [5.41, 5.74) is 2.24. The van der Waals surface area contributed by atoms with Crippen LogP contribution in [0.2, 0.25) is 0 Å². The number of aromatic hydroxyl groups is 1. The molecule has 0 aliphatic carbocycles. The second-order valence-electron chi connectivity index (χ2n) is 8.42. The Morgan fingerprint density at radius 2 is 1.76 bits per heavy atom. The average Bonchev–Trinajstić information content (AvgIpc) is 3.20. The summed E-state index contributed by atoms with van der Waals surface area (Å²) < 4.78 is 23.1. The Balaban J connectivity index is 1.69. The van der Waals surface area contributed by atoms with Crippen LogP contribution in [0.3, 0.4) is 0 Å². The highest BCUT2D eigenvalue weighted by Crippen LogP contribution is 2.49. The van der Waals surface area contributed by atoms with Crippen LogP contribution in [-0.4, -0.2) is 81.7 Å². The maximum atomic E-state index is 10.5. The van der Waals surface area contributed by atoms with Crippen LogP contribution >= 0.6 is 0 Å². The third kappa shape index (κ3) is 4.71. The number of phenols is 1. The van der Waals surface area contributed by atoms with E-state index >= 15 is 0 Å². The molecule has 0 unspecified atom stereocenters. The summed E-state index contributed by atoms with van der Waals surface area (Å²) in [6.07, 6.45) is -7.45. The van der Waals surface area contributed by atoms with Crippen LogP contribution in [0.15, 0.2) is 36.4 Å². The van der Waals surface area contributed by atoms with Gasteiger partial charge in [-0.15, -0.1) is 0 Å². The molecule has 2 aliphatic rings. The molecule has 0 bridgehead atoms. The zero-order valence-corrected chi connectivity index (χ0v) is 18.7. The lowest BCUT2D eigenvalue weighted by atomic mass is 9.96. The second-order valence-corrected chi connectivity index (χ2v) is 8.42. The smallest absolute Gasteiger partial charge is 0.187 e. The minimum atomic E-state index is -1.58. The summed E-state index contributed by atoms with van der Waals surface area (Å²) in [7, 11) is 1.43. The van der Waals surface area contributed by atoms with E-state index in [1.807, 2.05) is 12.1 Å². The van der Waals surface area contributed by atoms with Crippen LogP contribution in [0.4, 0.5) is 0 Å². The Kier molecular flexibility index (Phi) is 7.58. The third-order valence-electron chi connectivity index (χ3n) is 6.19. The van der Waals surface area contributed by atoms with Crippen LogP contribution in [-0.2, 0) is 15.9 Å². The van der Waals surface area contributed by atoms with E-state index in [1.54, 1.807) is 18.2 Å². The SMILES string of the molecule is COc1cc([C@@H]2Oc3ccc(CCCO)cc3[C@H]2O[C@@H]2O[C@H](CO)[C@@H](O)[C@H](O)[C@H]2O)ccc1O. The van der Waals surface area contributed by atoms with E-state index in [1.165, 1.54) is 13.2 Å². The molecule has 10 heteroatoms. The van der Waals surface area contributed by atoms with E-state index < -0.39 is 49.5 Å². The first-order valence-electron chi connectivity index (χ1n) is 11.1. The zero-order chi connectivity index (χ0) is 24.4. The molecule has 2 aromatic carbocycles. The lowest BCUT2D eigenvalue weighted by Gasteiger charge is -2.40. The Hall–Kier alpha value is -2.44. The molecule has 2 aliphatic heterocycles. The number of phenolic OH excluding ortho intramolecular Hbond substituents is 1. The first kappa shape index (κ1) is 24.7. The molecule has 0 spiro atoms. The fourth-order valence-corrected chi connectivity index (χ4v) is 4.31. The molecule has 0 saturated carbocycles. The predicted octanol–water partition coefficient (Wildman–Crippen LogP) is 0.317. The van der Waals surface area contributed by atoms with Crippen LogP contribution in [0, 0.1) is 0 Å². The third-order valence-corrected chi connectivity index (χ3v) is 6.19. The van der Waals surface area contributed by atoms with Crippen LogP contribution in [0.25, 0.3) is 0 Å². The van der Waals surface area contributed by atoms with Crippen molar-refractivity contribution in [1.82, 2.24) is 0 Å². The molecule has 10 nitrogen and oxygen atoms in total. The predicted molar refractivity (Wildman–Crippen MR) is 117 cm³/mol. The van der Waals surface area contributed by atoms with E-state index in [0.717, 1.165) is 5.56 Å². The van der Waals surface area contributed by atoms with Crippen molar-refractivity contribution in [3.63, 3.8) is 0 Å². The molecule has 186 valence electrons. The number of benzene rings is 2. The topological polar surface area (TPSA) is 158 Å². The Morgan fingerprint density at radius 3 is 2.47 bits per heavy atom. The first-order valence-corrected chi connectivity index (χ1v) is 11.1. The van der Waals surface area contributed by atoms with Gasteiger partial charge in [0.1, 0.15) is 36.3 Å². The van der Waals surface area contributed by atoms with Gasteiger partial charge in [-0.1, -0.05) is 12.1 Å². The van der Waals surface area contributed by atoms with E-state index in [9.17, 15) is 30.6 Å². The summed E-state index contributed by atoms with van der Waals surface area (Å²) >= 11 is 0. The molecule has 34 heavy (non-hydrogen) atoms. The van der Waals surface area contributed by atoms with E-state index in [-0.39, 0.29) is 18.1 Å². The maximum absolute atomic E-state index is 10.5. The van der Waals surface area contributed by atoms with E-state index in [2.05, 4.69) is 0 Å². The Bertz CT molecular complexity index is 980. The van der Waals surface area contributed by atoms with Crippen LogP contribution in [0.1, 0.15) is 35.3 Å². The molecule has 2 heterocycles. The van der Waals surface area contributed by atoms with Gasteiger partial charge in [0.15, 0.2) is 23.9 Å². The standard InChI is InChI=1S/C24H30O10/c1-31-17-10-13(5-6-15(17)27)22-23(14-9-12(3-2-8-25)4-7-16(14)32-22)34-24-21(30)20(29)19(28)18(11-26)33-24/h4-7,9-10,18-30H,2-3,8,11H2,1H3/t18-,19-,20+,21-,22+,23-,24+/m1/s1. The zero-order valence-electron chi connectivity index (χ0n) is 18.7. The number of aliphatic hydroxyl groups excluding tert-OH is 5. The van der Waals surface area contributed by atoms with Gasteiger partial charge >= 0.3 is 0 Å². The van der Waals surface area contributed by atoms with Gasteiger partial charge < -0.3 is 49.6 Å². The molecule has 1 fully saturated rings. The summed E-state index contributed by atoms with van der Waals surface area (Å²) in [6.45, 7) is -0.527. The summed E-state index contributed by atoms with van der Waals surface area (Å²) in [5, 5.41) is 59.5. The number of aryl methyl sites for hydroxylation is 1. The van der Waals surface area contributed by atoms with Gasteiger partial charge in [0.25, 0.3) is 0 Å². The molecule has 0 aromatic heterocycles. The quantitative estimate of drug-likeness (QED) is 0.312. The number of fused-ring (bicyclic) bond motifs is 1. The number of methoxy groups -OCH3 is 1. The second kappa shape index (κ2) is 10.4. The summed E-state index contributed by atoms with van der Waals surface area (Å²) in [4.78, 5) is 0.